The number of anilines is 1. The van der Waals surface area contributed by atoms with Crippen LogP contribution in [0.15, 0.2) is 89.3 Å². The number of ether oxygens (including phenoxy) is 3. The van der Waals surface area contributed by atoms with Crippen molar-refractivity contribution >= 4 is 17.4 Å². The summed E-state index contributed by atoms with van der Waals surface area (Å²) < 4.78 is 16.7. The molecule has 0 unspecified atom stereocenters. The molecule has 7 heteroatoms. The number of Topliss-reactive ketones (excluding diaryl/α,β-unsaturated/α-hetero) is 1. The van der Waals surface area contributed by atoms with Gasteiger partial charge in [-0.1, -0.05) is 35.9 Å². The van der Waals surface area contributed by atoms with Crippen molar-refractivity contribution in [1.29, 1.82) is 0 Å². The number of allylic oxidation sites excluding steroid dienone is 3. The van der Waals surface area contributed by atoms with Gasteiger partial charge in [0.1, 0.15) is 5.75 Å². The molecule has 0 bridgehead atoms. The molecule has 0 aromatic heterocycles. The fourth-order valence-electron chi connectivity index (χ4n) is 5.80. The Bertz CT molecular complexity index is 1540. The van der Waals surface area contributed by atoms with Gasteiger partial charge in [-0.2, -0.15) is 0 Å². The summed E-state index contributed by atoms with van der Waals surface area (Å²) in [7, 11) is 3.21. The van der Waals surface area contributed by atoms with Gasteiger partial charge >= 0.3 is 0 Å². The molecule has 5 rings (SSSR count). The molecule has 0 radical (unpaired) electrons. The Morgan fingerprint density at radius 3 is 2.39 bits per heavy atom. The number of hydrogen-bond donors (Lipinski definition) is 2. The Morgan fingerprint density at radius 2 is 1.68 bits per heavy atom. The monoisotopic (exact) mass is 552 g/mol. The van der Waals surface area contributed by atoms with E-state index in [1.165, 1.54) is 0 Å². The van der Waals surface area contributed by atoms with Crippen molar-refractivity contribution in [3.05, 3.63) is 106 Å². The van der Waals surface area contributed by atoms with Crippen molar-refractivity contribution in [2.45, 2.75) is 45.4 Å². The first-order valence-electron chi connectivity index (χ1n) is 13.9. The second-order valence-electron chi connectivity index (χ2n) is 10.5. The van der Waals surface area contributed by atoms with Crippen LogP contribution in [0, 0.1) is 6.92 Å². The maximum absolute atomic E-state index is 14.0. The van der Waals surface area contributed by atoms with Crippen LogP contribution in [0.5, 0.6) is 17.2 Å². The minimum atomic E-state index is -0.532. The summed E-state index contributed by atoms with van der Waals surface area (Å²) in [6, 6.07) is 21.2. The lowest BCUT2D eigenvalue weighted by molar-refractivity contribution is -0.116. The molecule has 1 heterocycles. The molecule has 0 fully saturated rings. The van der Waals surface area contributed by atoms with Gasteiger partial charge in [-0.15, -0.1) is 0 Å². The lowest BCUT2D eigenvalue weighted by atomic mass is 9.71. The normalized spacial score (nSPS) is 18.4. The summed E-state index contributed by atoms with van der Waals surface area (Å²) in [6.45, 7) is 6.35. The lowest BCUT2D eigenvalue weighted by Gasteiger charge is -2.37. The largest absolute Gasteiger partial charge is 0.494 e. The predicted octanol–water partition coefficient (Wildman–Crippen LogP) is 6.41. The molecule has 2 N–H and O–H groups in total. The van der Waals surface area contributed by atoms with Gasteiger partial charge in [0.15, 0.2) is 17.3 Å². The Hall–Kier alpha value is -4.52. The van der Waals surface area contributed by atoms with Crippen LogP contribution in [-0.2, 0) is 9.59 Å². The van der Waals surface area contributed by atoms with E-state index in [1.807, 2.05) is 87.5 Å². The average Bonchev–Trinajstić information content (AvgIpc) is 2.97. The molecule has 1 aliphatic heterocycles. The second kappa shape index (κ2) is 11.9. The molecule has 1 amide bonds. The first-order chi connectivity index (χ1) is 19.8. The zero-order chi connectivity index (χ0) is 29.1. The van der Waals surface area contributed by atoms with E-state index >= 15 is 0 Å². The van der Waals surface area contributed by atoms with E-state index in [1.54, 1.807) is 14.2 Å². The highest BCUT2D eigenvalue weighted by molar-refractivity contribution is 6.10. The standard InChI is InChI=1S/C34H36N2O5/c1-6-41-26-9-7-8-23(16-26)32-31(34(38)36-25-13-10-20(2)11-14-25)21(3)35-27-17-24(18-28(37)33(27)32)22-12-15-29(39-4)30(19-22)40-5/h7-16,19,24,32,35H,6,17-18H2,1-5H3,(H,36,38)/t24-,32+/m0/s1. The van der Waals surface area contributed by atoms with Crippen molar-refractivity contribution in [1.82, 2.24) is 5.32 Å². The Labute approximate surface area is 241 Å². The van der Waals surface area contributed by atoms with E-state index in [0.29, 0.717) is 53.5 Å². The lowest BCUT2D eigenvalue weighted by Crippen LogP contribution is -2.37. The van der Waals surface area contributed by atoms with E-state index in [-0.39, 0.29) is 17.6 Å². The number of amides is 1. The van der Waals surface area contributed by atoms with Crippen LogP contribution >= 0.6 is 0 Å². The molecule has 0 spiro atoms. The summed E-state index contributed by atoms with van der Waals surface area (Å²) >= 11 is 0. The highest BCUT2D eigenvalue weighted by Gasteiger charge is 2.41. The average molecular weight is 553 g/mol. The molecule has 3 aromatic carbocycles. The van der Waals surface area contributed by atoms with E-state index < -0.39 is 5.92 Å². The number of methoxy groups -OCH3 is 2. The number of nitrogens with one attached hydrogen (secondary N) is 2. The molecule has 2 aliphatic rings. The molecule has 41 heavy (non-hydrogen) atoms. The van der Waals surface area contributed by atoms with Crippen molar-refractivity contribution in [3.8, 4) is 17.2 Å². The number of aryl methyl sites for hydroxylation is 1. The minimum absolute atomic E-state index is 0.0125. The quantitative estimate of drug-likeness (QED) is 0.336. The number of dihydropyridines is 1. The first kappa shape index (κ1) is 28.0. The van der Waals surface area contributed by atoms with E-state index in [4.69, 9.17) is 14.2 Å². The third kappa shape index (κ3) is 5.71. The SMILES string of the molecule is CCOc1cccc([C@@H]2C(C(=O)Nc3ccc(C)cc3)=C(C)NC3=C2C(=O)C[C@@H](c2ccc(OC)c(OC)c2)C3)c1. The molecule has 0 saturated heterocycles. The number of carbonyl (C=O) groups excluding carboxylic acids is 2. The second-order valence-corrected chi connectivity index (χ2v) is 10.5. The molecular weight excluding hydrogens is 516 g/mol. The maximum Gasteiger partial charge on any atom is 0.254 e. The van der Waals surface area contributed by atoms with Gasteiger partial charge in [-0.05, 0) is 80.6 Å². The van der Waals surface area contributed by atoms with Gasteiger partial charge in [-0.3, -0.25) is 9.59 Å². The number of rotatable bonds is 8. The molecule has 7 nitrogen and oxygen atoms in total. The van der Waals surface area contributed by atoms with Crippen LogP contribution in [0.1, 0.15) is 55.2 Å². The summed E-state index contributed by atoms with van der Waals surface area (Å²) in [5.41, 5.74) is 6.38. The molecule has 0 saturated carbocycles. The zero-order valence-electron chi connectivity index (χ0n) is 24.2. The summed E-state index contributed by atoms with van der Waals surface area (Å²) in [5, 5.41) is 6.50. The van der Waals surface area contributed by atoms with Gasteiger partial charge in [0.05, 0.1) is 20.8 Å². The van der Waals surface area contributed by atoms with Crippen LogP contribution in [0.2, 0.25) is 0 Å². The Balaban J connectivity index is 1.55. The van der Waals surface area contributed by atoms with Crippen LogP contribution < -0.4 is 24.8 Å². The third-order valence-electron chi connectivity index (χ3n) is 7.76. The van der Waals surface area contributed by atoms with Crippen LogP contribution in [0.25, 0.3) is 0 Å². The van der Waals surface area contributed by atoms with E-state index in [0.717, 1.165) is 28.1 Å². The summed E-state index contributed by atoms with van der Waals surface area (Å²) in [4.78, 5) is 27.9. The van der Waals surface area contributed by atoms with E-state index in [2.05, 4.69) is 10.6 Å². The summed E-state index contributed by atoms with van der Waals surface area (Å²) in [5.74, 6) is 1.17. The molecule has 2 atom stereocenters. The number of benzene rings is 3. The third-order valence-corrected chi connectivity index (χ3v) is 7.76. The topological polar surface area (TPSA) is 85.9 Å². The summed E-state index contributed by atoms with van der Waals surface area (Å²) in [6.07, 6.45) is 0.950. The van der Waals surface area contributed by atoms with Crippen LogP contribution in [0.4, 0.5) is 5.69 Å². The van der Waals surface area contributed by atoms with Gasteiger partial charge in [0.25, 0.3) is 5.91 Å². The van der Waals surface area contributed by atoms with Gasteiger partial charge in [-0.25, -0.2) is 0 Å². The van der Waals surface area contributed by atoms with Gasteiger partial charge in [0, 0.05) is 40.6 Å². The van der Waals surface area contributed by atoms with Gasteiger partial charge < -0.3 is 24.8 Å². The molecule has 3 aromatic rings. The zero-order valence-corrected chi connectivity index (χ0v) is 24.2. The fraction of sp³-hybridized carbons (Fsp3) is 0.294. The Morgan fingerprint density at radius 1 is 0.927 bits per heavy atom. The maximum atomic E-state index is 14.0. The van der Waals surface area contributed by atoms with E-state index in [9.17, 15) is 9.59 Å². The van der Waals surface area contributed by atoms with Crippen LogP contribution in [0.3, 0.4) is 0 Å². The van der Waals surface area contributed by atoms with Crippen molar-refractivity contribution in [3.63, 3.8) is 0 Å². The predicted molar refractivity (Wildman–Crippen MR) is 160 cm³/mol. The van der Waals surface area contributed by atoms with Crippen molar-refractivity contribution in [2.24, 2.45) is 0 Å². The smallest absolute Gasteiger partial charge is 0.254 e. The highest BCUT2D eigenvalue weighted by Crippen LogP contribution is 2.47. The Kier molecular flexibility index (Phi) is 8.15. The number of hydrogen-bond acceptors (Lipinski definition) is 6. The molecule has 1 aliphatic carbocycles. The fourth-order valence-corrected chi connectivity index (χ4v) is 5.80. The molecular formula is C34H36N2O5. The van der Waals surface area contributed by atoms with Crippen LogP contribution in [-0.4, -0.2) is 32.5 Å². The van der Waals surface area contributed by atoms with Gasteiger partial charge in [0.2, 0.25) is 0 Å². The number of ketones is 1. The number of carbonyl (C=O) groups is 2. The first-order valence-corrected chi connectivity index (χ1v) is 13.9. The minimum Gasteiger partial charge on any atom is -0.494 e. The highest BCUT2D eigenvalue weighted by atomic mass is 16.5. The van der Waals surface area contributed by atoms with Crippen molar-refractivity contribution in [2.75, 3.05) is 26.1 Å². The van der Waals surface area contributed by atoms with Crippen molar-refractivity contribution < 1.29 is 23.8 Å². The molecule has 212 valence electrons.